The number of nitrogens with one attached hydrogen (secondary N) is 2. The molecule has 2 fully saturated rings. The van der Waals surface area contributed by atoms with Crippen molar-refractivity contribution in [1.82, 2.24) is 10.6 Å². The minimum Gasteiger partial charge on any atom is -0.508 e. The first-order valence-corrected chi connectivity index (χ1v) is 30.6. The van der Waals surface area contributed by atoms with Crippen molar-refractivity contribution in [2.45, 2.75) is 159 Å². The van der Waals surface area contributed by atoms with Crippen LogP contribution >= 0.6 is 21.6 Å². The number of ketones is 1. The number of ether oxygens (including phenoxy) is 4. The first-order chi connectivity index (χ1) is 37.7. The van der Waals surface area contributed by atoms with Gasteiger partial charge in [0.1, 0.15) is 18.3 Å². The Bertz CT molecular complexity index is 2730. The minimum absolute atomic E-state index is 0.0130. The van der Waals surface area contributed by atoms with Crippen LogP contribution in [0.25, 0.3) is 0 Å². The Hall–Kier alpha value is -4.82. The average molecular weight is 1110 g/mol. The van der Waals surface area contributed by atoms with Gasteiger partial charge in [0, 0.05) is 72.8 Å². The molecule has 0 aromatic heterocycles. The number of aliphatic hydroxyl groups is 4. The lowest BCUT2D eigenvalue weighted by molar-refractivity contribution is -0.121. The summed E-state index contributed by atoms with van der Waals surface area (Å²) < 4.78 is 25.2. The van der Waals surface area contributed by atoms with Crippen LogP contribution < -0.4 is 30.6 Å². The van der Waals surface area contributed by atoms with Gasteiger partial charge >= 0.3 is 0 Å². The number of carbonyl (C=O) groups excluding carboxylic acids is 1. The number of hydrogen-bond acceptors (Lipinski definition) is 17. The van der Waals surface area contributed by atoms with Crippen LogP contribution in [0.15, 0.2) is 47.5 Å². The number of fused-ring (bicyclic) bond motifs is 7. The third-order valence-electron chi connectivity index (χ3n) is 17.7. The number of aliphatic hydroxyl groups excluding tert-OH is 4. The Morgan fingerprint density at radius 1 is 0.936 bits per heavy atom. The first kappa shape index (κ1) is 57.9. The molecule has 4 heterocycles. The van der Waals surface area contributed by atoms with Gasteiger partial charge in [-0.1, -0.05) is 83.4 Å². The van der Waals surface area contributed by atoms with E-state index in [9.17, 15) is 35.4 Å². The number of carbonyl (C=O) groups is 1. The Balaban J connectivity index is 1.18. The summed E-state index contributed by atoms with van der Waals surface area (Å²) in [6, 6.07) is 12.3. The zero-order valence-electron chi connectivity index (χ0n) is 45.4. The largest absolute Gasteiger partial charge is 0.508 e. The average Bonchev–Trinajstić information content (AvgIpc) is 3.96. The molecule has 10 N–H and O–H groups in total. The summed E-state index contributed by atoms with van der Waals surface area (Å²) >= 11 is 0. The van der Waals surface area contributed by atoms with Crippen molar-refractivity contribution in [2.75, 3.05) is 38.7 Å². The molecular formula is C61H80N4O11S2. The Morgan fingerprint density at radius 2 is 1.74 bits per heavy atom. The van der Waals surface area contributed by atoms with Gasteiger partial charge in [-0.25, -0.2) is 4.99 Å². The van der Waals surface area contributed by atoms with Crippen molar-refractivity contribution in [3.05, 3.63) is 75.8 Å². The summed E-state index contributed by atoms with van der Waals surface area (Å²) in [5.74, 6) is 16.7. The molecule has 4 aliphatic heterocycles. The monoisotopic (exact) mass is 1110 g/mol. The number of nitrogens with two attached hydrogens (primary N) is 1. The van der Waals surface area contributed by atoms with Crippen molar-refractivity contribution >= 4 is 33.3 Å². The Labute approximate surface area is 468 Å². The Kier molecular flexibility index (Phi) is 19.4. The molecule has 3 aromatic carbocycles. The quantitative estimate of drug-likeness (QED) is 0.0560. The number of aliphatic imine (C=N–C) groups is 1. The van der Waals surface area contributed by atoms with Crippen LogP contribution in [-0.4, -0.2) is 117 Å². The summed E-state index contributed by atoms with van der Waals surface area (Å²) in [5, 5.41) is 72.8. The van der Waals surface area contributed by atoms with Gasteiger partial charge in [0.2, 0.25) is 6.29 Å². The van der Waals surface area contributed by atoms with Crippen molar-refractivity contribution in [1.29, 1.82) is 0 Å². The lowest BCUT2D eigenvalue weighted by atomic mass is 9.58. The van der Waals surface area contributed by atoms with Gasteiger partial charge < -0.3 is 60.6 Å². The fourth-order valence-electron chi connectivity index (χ4n) is 13.4. The molecule has 15 nitrogen and oxygen atoms in total. The van der Waals surface area contributed by atoms with Gasteiger partial charge in [-0.3, -0.25) is 10.1 Å². The van der Waals surface area contributed by atoms with Crippen molar-refractivity contribution in [3.8, 4) is 52.4 Å². The number of phenols is 2. The van der Waals surface area contributed by atoms with Gasteiger partial charge in [-0.2, -0.15) is 0 Å². The number of hydrogen-bond donors (Lipinski definition) is 9. The molecule has 3 aromatic rings. The number of rotatable bonds is 10. The predicted molar refractivity (Wildman–Crippen MR) is 304 cm³/mol. The van der Waals surface area contributed by atoms with Crippen LogP contribution in [0.1, 0.15) is 124 Å². The van der Waals surface area contributed by atoms with Crippen LogP contribution in [-0.2, 0) is 41.6 Å². The van der Waals surface area contributed by atoms with Crippen molar-refractivity contribution in [2.24, 2.45) is 45.7 Å². The molecule has 0 amide bonds. The lowest BCUT2D eigenvalue weighted by Crippen LogP contribution is -2.58. The van der Waals surface area contributed by atoms with Gasteiger partial charge in [-0.15, -0.1) is 0 Å². The van der Waals surface area contributed by atoms with Gasteiger partial charge in [0.05, 0.1) is 36.5 Å². The van der Waals surface area contributed by atoms with Crippen LogP contribution in [0.2, 0.25) is 0 Å². The number of aryl methyl sites for hydroxylation is 2. The minimum atomic E-state index is -1.27. The highest BCUT2D eigenvalue weighted by Crippen LogP contribution is 2.58. The smallest absolute Gasteiger partial charge is 0.201 e. The summed E-state index contributed by atoms with van der Waals surface area (Å²) in [6.45, 7) is 3.59. The van der Waals surface area contributed by atoms with E-state index in [0.29, 0.717) is 77.9 Å². The number of nitrogens with zero attached hydrogens (tertiary/aromatic N) is 1. The maximum absolute atomic E-state index is 13.4. The molecule has 11 atom stereocenters. The highest BCUT2D eigenvalue weighted by atomic mass is 33.1. The van der Waals surface area contributed by atoms with E-state index in [-0.39, 0.29) is 97.4 Å². The molecule has 422 valence electrons. The number of guanidine groups is 1. The molecule has 2 spiro atoms. The molecular weight excluding hydrogens is 1030 g/mol. The molecule has 11 unspecified atom stereocenters. The molecule has 0 saturated heterocycles. The van der Waals surface area contributed by atoms with Gasteiger partial charge in [0.25, 0.3) is 0 Å². The summed E-state index contributed by atoms with van der Waals surface area (Å²) in [7, 11) is 5.15. The second kappa shape index (κ2) is 26.2. The molecule has 10 rings (SSSR count). The standard InChI is InChI=1S/C61H80N4O11S2/c1-37(2)53-33-78-77-32-51-50-29-49-41-12-18-46(70)28-45(69)17-11-40-13-20-54(71)56(75-36-67)48(40)7-4-6-42(27-41)55(57(49)76-58(50)72)74-35-63-61(23-5-8-52(51)64-59(62)65-53)34-60(25-22-43(61)14-19-47(31-66)73-3)24-21-39(30-60)26-38-9-15-44(68)16-10-38/h9-10,13,15-16,20,27,37,39,43,46-47,50-53,58,63,66-68,70-72H,6,11-12,14,17-19,21-26,28-36H2,1-3H3,(H3,62,64,65). The number of phenolic OH excluding ortho intramolecular Hbond substituents is 2. The first-order valence-electron chi connectivity index (χ1n) is 28.1. The van der Waals surface area contributed by atoms with Crippen LogP contribution in [0, 0.1) is 58.7 Å². The zero-order valence-corrected chi connectivity index (χ0v) is 47.1. The van der Waals surface area contributed by atoms with Crippen molar-refractivity contribution < 1.29 is 54.4 Å². The maximum atomic E-state index is 13.4. The second-order valence-electron chi connectivity index (χ2n) is 23.2. The van der Waals surface area contributed by atoms with E-state index in [1.807, 2.05) is 12.1 Å². The summed E-state index contributed by atoms with van der Waals surface area (Å²) in [5.41, 5.74) is 11.0. The second-order valence-corrected chi connectivity index (χ2v) is 25.7. The third-order valence-corrected chi connectivity index (χ3v) is 20.2. The number of benzene rings is 3. The van der Waals surface area contributed by atoms with Crippen molar-refractivity contribution in [3.63, 3.8) is 0 Å². The van der Waals surface area contributed by atoms with E-state index in [0.717, 1.165) is 68.2 Å². The predicted octanol–water partition coefficient (Wildman–Crippen LogP) is 7.09. The number of aromatic hydroxyl groups is 2. The fraction of sp³-hybridized carbons (Fsp3) is 0.607. The van der Waals surface area contributed by atoms with E-state index < -0.39 is 36.7 Å². The molecule has 7 aliphatic rings. The van der Waals surface area contributed by atoms with E-state index in [2.05, 4.69) is 54.2 Å². The highest BCUT2D eigenvalue weighted by molar-refractivity contribution is 8.76. The van der Waals surface area contributed by atoms with E-state index >= 15 is 0 Å². The molecule has 78 heavy (non-hydrogen) atoms. The van der Waals surface area contributed by atoms with Crippen LogP contribution in [0.5, 0.6) is 28.7 Å². The van der Waals surface area contributed by atoms with Crippen LogP contribution in [0.4, 0.5) is 0 Å². The highest BCUT2D eigenvalue weighted by Gasteiger charge is 2.52. The molecule has 3 aliphatic carbocycles. The van der Waals surface area contributed by atoms with E-state index in [4.69, 9.17) is 29.7 Å². The number of Topliss-reactive ketones (excluding diaryl/α,β-unsaturated/α-hetero) is 1. The molecule has 17 heteroatoms. The van der Waals surface area contributed by atoms with Crippen LogP contribution in [0.3, 0.4) is 0 Å². The number of methoxy groups -OCH3 is 1. The Morgan fingerprint density at radius 3 is 2.53 bits per heavy atom. The van der Waals surface area contributed by atoms with Gasteiger partial charge in [-0.05, 0) is 142 Å². The van der Waals surface area contributed by atoms with E-state index in [1.54, 1.807) is 46.9 Å². The zero-order chi connectivity index (χ0) is 55.0. The molecule has 0 radical (unpaired) electrons. The normalized spacial score (nSPS) is 30.0. The molecule has 6 bridgehead atoms. The van der Waals surface area contributed by atoms with Gasteiger partial charge in [0.15, 0.2) is 35.8 Å². The third kappa shape index (κ3) is 13.7. The van der Waals surface area contributed by atoms with E-state index in [1.165, 1.54) is 11.6 Å². The SMILES string of the molecule is COC(CO)CCC1CCC2(CCC(Cc3ccc(O)cc3)C2)CC12CC#CC1NC(N)=NC(C(C)C)CSSCC1C1Cc3c4cc(c(c3OC1O)OCN2)CC#Cc1c(ccc(O)c1OCO)CCC(=O)CC(O)CC4. The fourth-order valence-corrected chi connectivity index (χ4v) is 16.2. The molecule has 2 saturated carbocycles. The topological polar surface area (TPSA) is 238 Å². The maximum Gasteiger partial charge on any atom is 0.201 e. The lowest BCUT2D eigenvalue weighted by Gasteiger charge is -2.52. The summed E-state index contributed by atoms with van der Waals surface area (Å²) in [4.78, 5) is 18.4. The summed E-state index contributed by atoms with van der Waals surface area (Å²) in [6.07, 6.45) is 8.08.